The molecule has 0 fully saturated rings. The molecule has 3 aromatic carbocycles. The first-order chi connectivity index (χ1) is 20.3. The predicted molar refractivity (Wildman–Crippen MR) is 159 cm³/mol. The molecule has 1 unspecified atom stereocenters. The first-order valence-electron chi connectivity index (χ1n) is 15.0. The molecule has 1 atom stereocenters. The third kappa shape index (κ3) is 9.83. The number of aryl methyl sites for hydroxylation is 2. The average molecular weight is 609 g/mol. The van der Waals surface area contributed by atoms with Crippen molar-refractivity contribution in [2.45, 2.75) is 102 Å². The van der Waals surface area contributed by atoms with Crippen LogP contribution in [0.4, 0.5) is 22.0 Å². The number of alkyl halides is 5. The van der Waals surface area contributed by atoms with E-state index in [0.717, 1.165) is 78.8 Å². The number of aliphatic carboxylic acids is 1. The first kappa shape index (κ1) is 34.1. The van der Waals surface area contributed by atoms with E-state index >= 15 is 0 Å². The van der Waals surface area contributed by atoms with Crippen LogP contribution in [0.25, 0.3) is 21.9 Å². The molecular formula is C34H41F5O4. The molecule has 43 heavy (non-hydrogen) atoms. The molecule has 0 amide bonds. The summed E-state index contributed by atoms with van der Waals surface area (Å²) in [6.07, 6.45) is 0.858. The lowest BCUT2D eigenvalue weighted by molar-refractivity contribution is -0.284. The number of rotatable bonds is 17. The summed E-state index contributed by atoms with van der Waals surface area (Å²) < 4.78 is 63.1. The van der Waals surface area contributed by atoms with E-state index in [2.05, 4.69) is 6.07 Å². The highest BCUT2D eigenvalue weighted by atomic mass is 19.4. The summed E-state index contributed by atoms with van der Waals surface area (Å²) in [7, 11) is 0. The second-order valence-electron chi connectivity index (χ2n) is 11.5. The maximum absolute atomic E-state index is 13.1. The van der Waals surface area contributed by atoms with E-state index in [0.29, 0.717) is 6.42 Å². The second-order valence-corrected chi connectivity index (χ2v) is 11.5. The molecule has 3 rings (SSSR count). The van der Waals surface area contributed by atoms with Gasteiger partial charge in [0.25, 0.3) is 0 Å². The zero-order valence-corrected chi connectivity index (χ0v) is 24.5. The van der Waals surface area contributed by atoms with Gasteiger partial charge in [-0.1, -0.05) is 69.2 Å². The maximum Gasteiger partial charge on any atom is 0.453 e. The fourth-order valence-electron chi connectivity index (χ4n) is 5.71. The second kappa shape index (κ2) is 15.4. The fraction of sp³-hybridized carbons (Fsp3) is 0.500. The van der Waals surface area contributed by atoms with Gasteiger partial charge in [0.2, 0.25) is 0 Å². The molecule has 3 aromatic rings. The number of carboxylic acid groups (broad SMARTS) is 1. The van der Waals surface area contributed by atoms with Crippen LogP contribution < -0.4 is 0 Å². The molecule has 0 aliphatic heterocycles. The van der Waals surface area contributed by atoms with Gasteiger partial charge in [0, 0.05) is 6.42 Å². The number of phenolic OH excluding ortho intramolecular Hbond substituents is 2. The van der Waals surface area contributed by atoms with Crippen molar-refractivity contribution in [1.29, 1.82) is 0 Å². The van der Waals surface area contributed by atoms with E-state index in [1.165, 1.54) is 5.56 Å². The topological polar surface area (TPSA) is 77.8 Å². The Morgan fingerprint density at radius 1 is 0.721 bits per heavy atom. The van der Waals surface area contributed by atoms with E-state index < -0.39 is 36.8 Å². The van der Waals surface area contributed by atoms with Crippen LogP contribution in [-0.2, 0) is 11.2 Å². The molecule has 236 valence electrons. The quantitative estimate of drug-likeness (QED) is 0.105. The number of hydrogen-bond acceptors (Lipinski definition) is 3. The van der Waals surface area contributed by atoms with Crippen molar-refractivity contribution in [3.63, 3.8) is 0 Å². The number of benzene rings is 3. The number of carboxylic acids is 1. The number of hydrogen-bond donors (Lipinski definition) is 3. The van der Waals surface area contributed by atoms with Crippen LogP contribution in [0.15, 0.2) is 48.5 Å². The smallest absolute Gasteiger partial charge is 0.453 e. The summed E-state index contributed by atoms with van der Waals surface area (Å²) in [6, 6.07) is 14.9. The van der Waals surface area contributed by atoms with E-state index in [1.54, 1.807) is 24.3 Å². The monoisotopic (exact) mass is 608 g/mol. The van der Waals surface area contributed by atoms with Crippen molar-refractivity contribution >= 4 is 16.7 Å². The summed E-state index contributed by atoms with van der Waals surface area (Å²) in [5.74, 6) is -6.40. The number of unbranched alkanes of at least 4 members (excludes halogenated alkanes) is 7. The van der Waals surface area contributed by atoms with Gasteiger partial charge in [-0.25, -0.2) is 0 Å². The Morgan fingerprint density at radius 2 is 1.28 bits per heavy atom. The summed E-state index contributed by atoms with van der Waals surface area (Å²) in [4.78, 5) is 11.4. The maximum atomic E-state index is 13.1. The standard InChI is InChI=1S/C34H41F5O4/c1-23-21-26(40)15-18-28(23)31-17-14-25-22-27(41)16-19-29(25)30(31)13-9-7-5-3-2-4-6-8-11-24(32(42)43)12-10-20-33(35,36)34(37,38)39/h14-19,21-22,24,40-41H,2-13,20H2,1H3,(H,42,43). The van der Waals surface area contributed by atoms with Crippen LogP contribution in [0.1, 0.15) is 88.2 Å². The molecular weight excluding hydrogens is 567 g/mol. The van der Waals surface area contributed by atoms with Crippen LogP contribution >= 0.6 is 0 Å². The average Bonchev–Trinajstić information content (AvgIpc) is 2.92. The van der Waals surface area contributed by atoms with Gasteiger partial charge in [-0.3, -0.25) is 4.79 Å². The van der Waals surface area contributed by atoms with Crippen LogP contribution in [0.2, 0.25) is 0 Å². The normalized spacial score (nSPS) is 13.0. The highest BCUT2D eigenvalue weighted by Gasteiger charge is 2.56. The third-order valence-electron chi connectivity index (χ3n) is 8.15. The van der Waals surface area contributed by atoms with Crippen molar-refractivity contribution in [2.75, 3.05) is 0 Å². The zero-order chi connectivity index (χ0) is 31.6. The molecule has 0 aliphatic carbocycles. The Kier molecular flexibility index (Phi) is 12.2. The number of aromatic hydroxyl groups is 2. The van der Waals surface area contributed by atoms with Crippen molar-refractivity contribution < 1.29 is 42.1 Å². The summed E-state index contributed by atoms with van der Waals surface area (Å²) in [5.41, 5.74) is 4.37. The lowest BCUT2D eigenvalue weighted by Crippen LogP contribution is -2.36. The predicted octanol–water partition coefficient (Wildman–Crippen LogP) is 10.3. The number of phenols is 2. The van der Waals surface area contributed by atoms with E-state index in [4.69, 9.17) is 0 Å². The van der Waals surface area contributed by atoms with Crippen molar-refractivity contribution in [1.82, 2.24) is 0 Å². The van der Waals surface area contributed by atoms with Gasteiger partial charge < -0.3 is 15.3 Å². The Balaban J connectivity index is 1.41. The van der Waals surface area contributed by atoms with Crippen LogP contribution in [0.5, 0.6) is 11.5 Å². The third-order valence-corrected chi connectivity index (χ3v) is 8.15. The summed E-state index contributed by atoms with van der Waals surface area (Å²) in [6.45, 7) is 1.97. The lowest BCUT2D eigenvalue weighted by atomic mass is 9.89. The number of carbonyl (C=O) groups is 1. The van der Waals surface area contributed by atoms with E-state index in [1.807, 2.05) is 25.1 Å². The van der Waals surface area contributed by atoms with E-state index in [-0.39, 0.29) is 24.3 Å². The molecule has 0 aliphatic rings. The molecule has 4 nitrogen and oxygen atoms in total. The Morgan fingerprint density at radius 3 is 1.91 bits per heavy atom. The van der Waals surface area contributed by atoms with Crippen molar-refractivity contribution in [2.24, 2.45) is 5.92 Å². The minimum absolute atomic E-state index is 0.188. The van der Waals surface area contributed by atoms with Crippen molar-refractivity contribution in [3.05, 3.63) is 59.7 Å². The molecule has 0 saturated heterocycles. The molecule has 3 N–H and O–H groups in total. The Bertz CT molecular complexity index is 1350. The highest BCUT2D eigenvalue weighted by molar-refractivity contribution is 5.93. The molecule has 0 aromatic heterocycles. The lowest BCUT2D eigenvalue weighted by Gasteiger charge is -2.20. The van der Waals surface area contributed by atoms with Gasteiger partial charge in [-0.15, -0.1) is 0 Å². The molecule has 0 spiro atoms. The highest BCUT2D eigenvalue weighted by Crippen LogP contribution is 2.40. The molecule has 0 saturated carbocycles. The first-order valence-corrected chi connectivity index (χ1v) is 15.0. The van der Waals surface area contributed by atoms with Gasteiger partial charge in [0.05, 0.1) is 5.92 Å². The minimum atomic E-state index is -5.61. The minimum Gasteiger partial charge on any atom is -0.508 e. The fourth-order valence-corrected chi connectivity index (χ4v) is 5.71. The van der Waals surface area contributed by atoms with Crippen molar-refractivity contribution in [3.8, 4) is 22.6 Å². The zero-order valence-electron chi connectivity index (χ0n) is 24.5. The molecule has 0 heterocycles. The van der Waals surface area contributed by atoms with Crippen LogP contribution in [-0.4, -0.2) is 33.4 Å². The number of halogens is 5. The SMILES string of the molecule is Cc1cc(O)ccc1-c1ccc2cc(O)ccc2c1CCCCCCCCCCC(CCCC(F)(F)C(F)(F)F)C(=O)O. The van der Waals surface area contributed by atoms with E-state index in [9.17, 15) is 42.1 Å². The molecule has 9 heteroatoms. The summed E-state index contributed by atoms with van der Waals surface area (Å²) in [5, 5.41) is 31.2. The van der Waals surface area contributed by atoms with Crippen LogP contribution in [0, 0.1) is 12.8 Å². The van der Waals surface area contributed by atoms with Gasteiger partial charge in [-0.2, -0.15) is 22.0 Å². The molecule has 0 radical (unpaired) electrons. The van der Waals surface area contributed by atoms with Gasteiger partial charge in [0.15, 0.2) is 0 Å². The summed E-state index contributed by atoms with van der Waals surface area (Å²) >= 11 is 0. The van der Waals surface area contributed by atoms with Gasteiger partial charge in [-0.05, 0) is 96.3 Å². The largest absolute Gasteiger partial charge is 0.508 e. The molecule has 0 bridgehead atoms. The Hall–Kier alpha value is -3.36. The number of fused-ring (bicyclic) bond motifs is 1. The van der Waals surface area contributed by atoms with Gasteiger partial charge >= 0.3 is 18.1 Å². The van der Waals surface area contributed by atoms with Crippen LogP contribution in [0.3, 0.4) is 0 Å². The van der Waals surface area contributed by atoms with Gasteiger partial charge in [0.1, 0.15) is 11.5 Å². The Labute approximate surface area is 249 Å².